The number of hydrogen-bond acceptors (Lipinski definition) is 2. The Morgan fingerprint density at radius 1 is 1.21 bits per heavy atom. The van der Waals surface area contributed by atoms with E-state index in [9.17, 15) is 9.59 Å². The van der Waals surface area contributed by atoms with Gasteiger partial charge in [0, 0.05) is 23.7 Å². The maximum Gasteiger partial charge on any atom is 0.251 e. The van der Waals surface area contributed by atoms with Crippen molar-refractivity contribution in [1.29, 1.82) is 0 Å². The fourth-order valence-corrected chi connectivity index (χ4v) is 2.90. The van der Waals surface area contributed by atoms with Gasteiger partial charge in [-0.3, -0.25) is 9.59 Å². The summed E-state index contributed by atoms with van der Waals surface area (Å²) < 4.78 is 0. The minimum atomic E-state index is -0.0521. The fraction of sp³-hybridized carbons (Fsp3) is 0.467. The Kier molecular flexibility index (Phi) is 3.23. The van der Waals surface area contributed by atoms with Gasteiger partial charge < -0.3 is 10.6 Å². The van der Waals surface area contributed by atoms with E-state index < -0.39 is 0 Å². The van der Waals surface area contributed by atoms with Crippen molar-refractivity contribution < 1.29 is 9.59 Å². The monoisotopic (exact) mass is 258 g/mol. The summed E-state index contributed by atoms with van der Waals surface area (Å²) in [6, 6.07) is 5.56. The maximum absolute atomic E-state index is 12.1. The number of amides is 2. The lowest BCUT2D eigenvalue weighted by molar-refractivity contribution is -0.120. The van der Waals surface area contributed by atoms with Crippen LogP contribution < -0.4 is 10.6 Å². The lowest BCUT2D eigenvalue weighted by Crippen LogP contribution is -2.24. The highest BCUT2D eigenvalue weighted by molar-refractivity contribution is 6.00. The smallest absolute Gasteiger partial charge is 0.251 e. The molecule has 1 saturated carbocycles. The molecule has 1 aromatic rings. The van der Waals surface area contributed by atoms with Crippen LogP contribution in [0.3, 0.4) is 0 Å². The van der Waals surface area contributed by atoms with E-state index >= 15 is 0 Å². The number of hydrogen-bond donors (Lipinski definition) is 2. The van der Waals surface area contributed by atoms with Crippen LogP contribution in [0.25, 0.3) is 0 Å². The Hall–Kier alpha value is -1.84. The van der Waals surface area contributed by atoms with E-state index in [0.29, 0.717) is 12.1 Å². The molecule has 1 fully saturated rings. The molecule has 0 aromatic heterocycles. The first-order valence-corrected chi connectivity index (χ1v) is 6.96. The molecule has 1 aliphatic heterocycles. The standard InChI is InChI=1S/C15H18N2O2/c18-14(10-4-2-1-3-5-10)17-12-7-6-11-9-16-15(19)13(11)8-12/h6-8,10H,1-5,9H2,(H,16,19)(H,17,18). The number of rotatable bonds is 2. The van der Waals surface area contributed by atoms with Crippen LogP contribution in [0.15, 0.2) is 18.2 Å². The summed E-state index contributed by atoms with van der Waals surface area (Å²) in [4.78, 5) is 23.7. The average Bonchev–Trinajstić information content (AvgIpc) is 2.81. The molecule has 0 spiro atoms. The van der Waals surface area contributed by atoms with Crippen LogP contribution in [0.4, 0.5) is 5.69 Å². The summed E-state index contributed by atoms with van der Waals surface area (Å²) >= 11 is 0. The summed E-state index contributed by atoms with van der Waals surface area (Å²) in [6.07, 6.45) is 5.49. The third kappa shape index (κ3) is 2.48. The molecule has 0 saturated heterocycles. The molecule has 0 unspecified atom stereocenters. The topological polar surface area (TPSA) is 58.2 Å². The lowest BCUT2D eigenvalue weighted by atomic mass is 9.88. The van der Waals surface area contributed by atoms with Gasteiger partial charge in [0.15, 0.2) is 0 Å². The summed E-state index contributed by atoms with van der Waals surface area (Å²) in [5, 5.41) is 5.72. The highest BCUT2D eigenvalue weighted by Crippen LogP contribution is 2.26. The maximum atomic E-state index is 12.1. The van der Waals surface area contributed by atoms with Crippen LogP contribution in [0.1, 0.15) is 48.0 Å². The molecule has 4 heteroatoms. The van der Waals surface area contributed by atoms with Gasteiger partial charge in [0.05, 0.1) is 0 Å². The molecule has 2 N–H and O–H groups in total. The van der Waals surface area contributed by atoms with Gasteiger partial charge in [-0.1, -0.05) is 25.3 Å². The number of nitrogens with one attached hydrogen (secondary N) is 2. The van der Waals surface area contributed by atoms with Crippen LogP contribution in [-0.4, -0.2) is 11.8 Å². The van der Waals surface area contributed by atoms with Crippen LogP contribution in [-0.2, 0) is 11.3 Å². The largest absolute Gasteiger partial charge is 0.348 e. The molecule has 4 nitrogen and oxygen atoms in total. The van der Waals surface area contributed by atoms with E-state index in [1.807, 2.05) is 12.1 Å². The molecule has 2 amide bonds. The number of anilines is 1. The quantitative estimate of drug-likeness (QED) is 0.856. The van der Waals surface area contributed by atoms with E-state index in [-0.39, 0.29) is 17.7 Å². The van der Waals surface area contributed by atoms with E-state index in [2.05, 4.69) is 10.6 Å². The molecular formula is C15H18N2O2. The predicted octanol–water partition coefficient (Wildman–Crippen LogP) is 2.45. The number of carbonyl (C=O) groups excluding carboxylic acids is 2. The van der Waals surface area contributed by atoms with Crippen molar-refractivity contribution in [3.8, 4) is 0 Å². The first-order chi connectivity index (χ1) is 9.24. The molecular weight excluding hydrogens is 240 g/mol. The summed E-state index contributed by atoms with van der Waals surface area (Å²) in [7, 11) is 0. The molecule has 0 atom stereocenters. The summed E-state index contributed by atoms with van der Waals surface area (Å²) in [6.45, 7) is 0.588. The second-order valence-electron chi connectivity index (χ2n) is 5.38. The Balaban J connectivity index is 1.71. The molecule has 2 aliphatic rings. The van der Waals surface area contributed by atoms with Crippen molar-refractivity contribution in [1.82, 2.24) is 5.32 Å². The molecule has 19 heavy (non-hydrogen) atoms. The van der Waals surface area contributed by atoms with Crippen molar-refractivity contribution in [3.63, 3.8) is 0 Å². The first kappa shape index (κ1) is 12.2. The SMILES string of the molecule is O=C1NCc2ccc(NC(=O)C3CCCCC3)cc21. The molecule has 1 aromatic carbocycles. The van der Waals surface area contributed by atoms with Gasteiger partial charge in [0.1, 0.15) is 0 Å². The number of carbonyl (C=O) groups is 2. The number of fused-ring (bicyclic) bond motifs is 1. The van der Waals surface area contributed by atoms with E-state index in [4.69, 9.17) is 0 Å². The van der Waals surface area contributed by atoms with Gasteiger partial charge in [-0.2, -0.15) is 0 Å². The predicted molar refractivity (Wildman–Crippen MR) is 72.8 cm³/mol. The summed E-state index contributed by atoms with van der Waals surface area (Å²) in [5.41, 5.74) is 2.41. The van der Waals surface area contributed by atoms with Crippen molar-refractivity contribution in [2.45, 2.75) is 38.6 Å². The molecule has 1 heterocycles. The van der Waals surface area contributed by atoms with Crippen LogP contribution in [0, 0.1) is 5.92 Å². The zero-order chi connectivity index (χ0) is 13.2. The van der Waals surface area contributed by atoms with Crippen molar-refractivity contribution in [2.24, 2.45) is 5.92 Å². The molecule has 0 radical (unpaired) electrons. The first-order valence-electron chi connectivity index (χ1n) is 6.96. The van der Waals surface area contributed by atoms with Gasteiger partial charge >= 0.3 is 0 Å². The van der Waals surface area contributed by atoms with Crippen molar-refractivity contribution in [2.75, 3.05) is 5.32 Å². The van der Waals surface area contributed by atoms with Gasteiger partial charge in [-0.25, -0.2) is 0 Å². The molecule has 0 bridgehead atoms. The Bertz CT molecular complexity index is 519. The normalized spacial score (nSPS) is 18.8. The third-order valence-corrected chi connectivity index (χ3v) is 4.04. The highest BCUT2D eigenvalue weighted by Gasteiger charge is 2.23. The van der Waals surface area contributed by atoms with Gasteiger partial charge in [0.25, 0.3) is 5.91 Å². The zero-order valence-corrected chi connectivity index (χ0v) is 10.9. The minimum Gasteiger partial charge on any atom is -0.348 e. The number of benzene rings is 1. The third-order valence-electron chi connectivity index (χ3n) is 4.04. The second-order valence-corrected chi connectivity index (χ2v) is 5.38. The van der Waals surface area contributed by atoms with E-state index in [1.165, 1.54) is 6.42 Å². The highest BCUT2D eigenvalue weighted by atomic mass is 16.2. The molecule has 1 aliphatic carbocycles. The zero-order valence-electron chi connectivity index (χ0n) is 10.9. The Morgan fingerprint density at radius 2 is 2.00 bits per heavy atom. The van der Waals surface area contributed by atoms with Crippen LogP contribution in [0.5, 0.6) is 0 Å². The second kappa shape index (κ2) is 5.03. The Labute approximate surface area is 112 Å². The van der Waals surface area contributed by atoms with Crippen molar-refractivity contribution in [3.05, 3.63) is 29.3 Å². The van der Waals surface area contributed by atoms with E-state index in [1.54, 1.807) is 6.07 Å². The average molecular weight is 258 g/mol. The molecule has 100 valence electrons. The van der Waals surface area contributed by atoms with Gasteiger partial charge in [-0.05, 0) is 30.5 Å². The van der Waals surface area contributed by atoms with Gasteiger partial charge in [-0.15, -0.1) is 0 Å². The van der Waals surface area contributed by atoms with Crippen LogP contribution in [0.2, 0.25) is 0 Å². The molecule has 3 rings (SSSR count). The lowest BCUT2D eigenvalue weighted by Gasteiger charge is -2.20. The Morgan fingerprint density at radius 3 is 2.79 bits per heavy atom. The van der Waals surface area contributed by atoms with Gasteiger partial charge in [0.2, 0.25) is 5.91 Å². The van der Waals surface area contributed by atoms with Crippen molar-refractivity contribution >= 4 is 17.5 Å². The minimum absolute atomic E-state index is 0.0521. The van der Waals surface area contributed by atoms with E-state index in [0.717, 1.165) is 36.9 Å². The fourth-order valence-electron chi connectivity index (χ4n) is 2.90. The van der Waals surface area contributed by atoms with Crippen LogP contribution >= 0.6 is 0 Å². The summed E-state index contributed by atoms with van der Waals surface area (Å²) in [5.74, 6) is 0.178.